The van der Waals surface area contributed by atoms with Crippen LogP contribution in [-0.2, 0) is 19.1 Å². The maximum Gasteiger partial charge on any atom is 0.332 e. The van der Waals surface area contributed by atoms with Crippen LogP contribution in [0.2, 0.25) is 0 Å². The monoisotopic (exact) mass is 309 g/mol. The zero-order valence-corrected chi connectivity index (χ0v) is 13.6. The molecule has 4 rings (SSSR count). The molecule has 4 saturated carbocycles. The van der Waals surface area contributed by atoms with Crippen LogP contribution in [0.15, 0.2) is 0 Å². The molecule has 0 spiro atoms. The molecule has 0 heterocycles. The number of esters is 1. The second kappa shape index (κ2) is 6.19. The molecule has 124 valence electrons. The number of hydrogen-bond donors (Lipinski definition) is 1. The van der Waals surface area contributed by atoms with Crippen molar-refractivity contribution in [3.8, 4) is 0 Å². The third-order valence-electron chi connectivity index (χ3n) is 6.01. The Morgan fingerprint density at radius 1 is 1.09 bits per heavy atom. The maximum absolute atomic E-state index is 12.0. The summed E-state index contributed by atoms with van der Waals surface area (Å²) in [5.41, 5.74) is 0.279. The van der Waals surface area contributed by atoms with Gasteiger partial charge in [0.1, 0.15) is 6.61 Å². The number of rotatable bonds is 6. The molecule has 0 aromatic heterocycles. The van der Waals surface area contributed by atoms with Gasteiger partial charge in [0.15, 0.2) is 6.61 Å². The summed E-state index contributed by atoms with van der Waals surface area (Å²) in [4.78, 5) is 23.3. The summed E-state index contributed by atoms with van der Waals surface area (Å²) in [6.45, 7) is 1.80. The van der Waals surface area contributed by atoms with Gasteiger partial charge in [-0.05, 0) is 68.6 Å². The van der Waals surface area contributed by atoms with Crippen LogP contribution in [0.3, 0.4) is 0 Å². The summed E-state index contributed by atoms with van der Waals surface area (Å²) >= 11 is 0. The van der Waals surface area contributed by atoms with Crippen molar-refractivity contribution < 1.29 is 19.1 Å². The van der Waals surface area contributed by atoms with Crippen molar-refractivity contribution in [1.29, 1.82) is 0 Å². The lowest BCUT2D eigenvalue weighted by atomic mass is 9.48. The number of carbonyl (C=O) groups excluding carboxylic acids is 2. The first kappa shape index (κ1) is 15.8. The quantitative estimate of drug-likeness (QED) is 0.761. The first-order valence-corrected chi connectivity index (χ1v) is 8.44. The van der Waals surface area contributed by atoms with Gasteiger partial charge in [0.05, 0.1) is 0 Å². The molecular formula is C17H27NO4. The molecule has 1 amide bonds. The second-order valence-electron chi connectivity index (χ2n) is 7.66. The zero-order chi connectivity index (χ0) is 15.7. The topological polar surface area (TPSA) is 64.6 Å². The molecule has 1 atom stereocenters. The van der Waals surface area contributed by atoms with Gasteiger partial charge >= 0.3 is 5.97 Å². The lowest BCUT2D eigenvalue weighted by Gasteiger charge is -2.59. The molecule has 0 aliphatic heterocycles. The van der Waals surface area contributed by atoms with Gasteiger partial charge in [-0.2, -0.15) is 0 Å². The second-order valence-corrected chi connectivity index (χ2v) is 7.66. The molecule has 5 heteroatoms. The normalized spacial score (nSPS) is 36.9. The Hall–Kier alpha value is -1.10. The number of ether oxygens (including phenoxy) is 2. The zero-order valence-electron chi connectivity index (χ0n) is 13.6. The molecule has 4 aliphatic rings. The minimum atomic E-state index is -0.500. The molecule has 22 heavy (non-hydrogen) atoms. The first-order valence-electron chi connectivity index (χ1n) is 8.44. The highest BCUT2D eigenvalue weighted by Crippen LogP contribution is 2.61. The number of methoxy groups -OCH3 is 1. The molecule has 0 aromatic rings. The predicted molar refractivity (Wildman–Crippen MR) is 81.0 cm³/mol. The van der Waals surface area contributed by atoms with Crippen LogP contribution in [0.5, 0.6) is 0 Å². The summed E-state index contributed by atoms with van der Waals surface area (Å²) in [5, 5.41) is 3.08. The summed E-state index contributed by atoms with van der Waals surface area (Å²) < 4.78 is 9.56. The molecule has 0 aromatic carbocycles. The summed E-state index contributed by atoms with van der Waals surface area (Å²) in [7, 11) is 1.43. The molecule has 4 aliphatic carbocycles. The van der Waals surface area contributed by atoms with Gasteiger partial charge in [-0.1, -0.05) is 0 Å². The minimum Gasteiger partial charge on any atom is -0.454 e. The lowest BCUT2D eigenvalue weighted by molar-refractivity contribution is -0.152. The smallest absolute Gasteiger partial charge is 0.332 e. The van der Waals surface area contributed by atoms with Gasteiger partial charge in [0.2, 0.25) is 0 Å². The summed E-state index contributed by atoms with van der Waals surface area (Å²) in [6, 6.07) is 0.162. The van der Waals surface area contributed by atoms with Gasteiger partial charge in [-0.25, -0.2) is 4.79 Å². The van der Waals surface area contributed by atoms with Crippen LogP contribution in [0, 0.1) is 23.2 Å². The fourth-order valence-corrected chi connectivity index (χ4v) is 5.45. The van der Waals surface area contributed by atoms with E-state index in [2.05, 4.69) is 17.0 Å². The van der Waals surface area contributed by atoms with E-state index in [1.807, 2.05) is 0 Å². The molecule has 4 fully saturated rings. The van der Waals surface area contributed by atoms with Crippen molar-refractivity contribution in [2.75, 3.05) is 20.3 Å². The minimum absolute atomic E-state index is 0.113. The van der Waals surface area contributed by atoms with E-state index in [1.165, 1.54) is 45.6 Å². The van der Waals surface area contributed by atoms with Crippen molar-refractivity contribution in [1.82, 2.24) is 5.32 Å². The maximum atomic E-state index is 12.0. The highest BCUT2D eigenvalue weighted by atomic mass is 16.6. The highest BCUT2D eigenvalue weighted by Gasteiger charge is 2.53. The Labute approximate surface area is 132 Å². The molecule has 4 bridgehead atoms. The fraction of sp³-hybridized carbons (Fsp3) is 0.882. The molecule has 0 saturated heterocycles. The Balaban J connectivity index is 1.52. The van der Waals surface area contributed by atoms with E-state index in [1.54, 1.807) is 0 Å². The van der Waals surface area contributed by atoms with Crippen LogP contribution in [0.1, 0.15) is 45.4 Å². The largest absolute Gasteiger partial charge is 0.454 e. The Bertz CT molecular complexity index is 413. The number of amides is 1. The Kier molecular flexibility index (Phi) is 4.44. The number of carbonyl (C=O) groups is 2. The van der Waals surface area contributed by atoms with Gasteiger partial charge in [-0.3, -0.25) is 4.79 Å². The van der Waals surface area contributed by atoms with E-state index >= 15 is 0 Å². The Morgan fingerprint density at radius 3 is 2.14 bits per heavy atom. The third-order valence-corrected chi connectivity index (χ3v) is 6.01. The van der Waals surface area contributed by atoms with Crippen molar-refractivity contribution in [2.24, 2.45) is 23.2 Å². The van der Waals surface area contributed by atoms with Crippen molar-refractivity contribution in [3.63, 3.8) is 0 Å². The predicted octanol–water partition coefficient (Wildman–Crippen LogP) is 1.90. The highest BCUT2D eigenvalue weighted by molar-refractivity contribution is 5.81. The van der Waals surface area contributed by atoms with Crippen molar-refractivity contribution in [3.05, 3.63) is 0 Å². The SMILES string of the molecule is COCC(=O)OCC(=O)N[C@@H](C)C12CC3CC(CC(C3)C1)C2. The average Bonchev–Trinajstić information content (AvgIpc) is 2.44. The van der Waals surface area contributed by atoms with Crippen molar-refractivity contribution >= 4 is 11.9 Å². The molecule has 5 nitrogen and oxygen atoms in total. The van der Waals surface area contributed by atoms with Crippen LogP contribution in [0.25, 0.3) is 0 Å². The van der Waals surface area contributed by atoms with E-state index in [4.69, 9.17) is 4.74 Å². The van der Waals surface area contributed by atoms with Crippen molar-refractivity contribution in [2.45, 2.75) is 51.5 Å². The van der Waals surface area contributed by atoms with E-state index < -0.39 is 5.97 Å². The van der Waals surface area contributed by atoms with Crippen LogP contribution >= 0.6 is 0 Å². The summed E-state index contributed by atoms with van der Waals surface area (Å²) in [5.74, 6) is 1.90. The van der Waals surface area contributed by atoms with E-state index in [9.17, 15) is 9.59 Å². The molecule has 0 radical (unpaired) electrons. The van der Waals surface area contributed by atoms with Gasteiger partial charge < -0.3 is 14.8 Å². The average molecular weight is 309 g/mol. The molecule has 0 unspecified atom stereocenters. The number of hydrogen-bond acceptors (Lipinski definition) is 4. The van der Waals surface area contributed by atoms with Gasteiger partial charge in [0.25, 0.3) is 5.91 Å². The van der Waals surface area contributed by atoms with Gasteiger partial charge in [-0.15, -0.1) is 0 Å². The van der Waals surface area contributed by atoms with Gasteiger partial charge in [0, 0.05) is 13.2 Å². The van der Waals surface area contributed by atoms with E-state index in [0.29, 0.717) is 0 Å². The van der Waals surface area contributed by atoms with Crippen LogP contribution < -0.4 is 5.32 Å². The lowest BCUT2D eigenvalue weighted by Crippen LogP contribution is -2.56. The van der Waals surface area contributed by atoms with Crippen LogP contribution in [0.4, 0.5) is 0 Å². The fourth-order valence-electron chi connectivity index (χ4n) is 5.45. The molecule has 1 N–H and O–H groups in total. The third kappa shape index (κ3) is 3.14. The Morgan fingerprint density at radius 2 is 1.64 bits per heavy atom. The van der Waals surface area contributed by atoms with E-state index in [-0.39, 0.29) is 30.6 Å². The standard InChI is InChI=1S/C17H27NO4/c1-11(18-15(19)9-22-16(20)10-21-2)17-6-12-3-13(7-17)5-14(4-12)8-17/h11-14H,3-10H2,1-2H3,(H,18,19)/t11-,12?,13?,14?,17?/m0/s1. The summed E-state index contributed by atoms with van der Waals surface area (Å²) in [6.07, 6.45) is 7.95. The number of nitrogens with one attached hydrogen (secondary N) is 1. The first-order chi connectivity index (χ1) is 10.5. The van der Waals surface area contributed by atoms with E-state index in [0.717, 1.165) is 17.8 Å². The van der Waals surface area contributed by atoms with Crippen LogP contribution in [-0.4, -0.2) is 38.2 Å². The molecular weight excluding hydrogens is 282 g/mol.